The van der Waals surface area contributed by atoms with Crippen LogP contribution in [0.2, 0.25) is 0 Å². The van der Waals surface area contributed by atoms with Crippen LogP contribution in [0.15, 0.2) is 42.5 Å². The van der Waals surface area contributed by atoms with E-state index in [4.69, 9.17) is 0 Å². The fourth-order valence-corrected chi connectivity index (χ4v) is 4.66. The highest BCUT2D eigenvalue weighted by Crippen LogP contribution is 2.33. The van der Waals surface area contributed by atoms with Crippen LogP contribution in [0.25, 0.3) is 0 Å². The van der Waals surface area contributed by atoms with Gasteiger partial charge in [-0.15, -0.1) is 10.2 Å². The molecule has 29 heavy (non-hydrogen) atoms. The van der Waals surface area contributed by atoms with Crippen molar-refractivity contribution in [1.82, 2.24) is 14.8 Å². The molecule has 0 radical (unpaired) electrons. The van der Waals surface area contributed by atoms with Crippen molar-refractivity contribution in [1.29, 1.82) is 0 Å². The second kappa shape index (κ2) is 8.32. The Balaban J connectivity index is 1.41. The summed E-state index contributed by atoms with van der Waals surface area (Å²) < 4.78 is 2.22. The molecule has 0 bridgehead atoms. The molecule has 0 saturated carbocycles. The number of aromatic nitrogens is 3. The lowest BCUT2D eigenvalue weighted by atomic mass is 10.0. The molecule has 0 N–H and O–H groups in total. The van der Waals surface area contributed by atoms with Crippen molar-refractivity contribution in [3.05, 3.63) is 81.9 Å². The lowest BCUT2D eigenvalue weighted by Gasteiger charge is -2.12. The van der Waals surface area contributed by atoms with Gasteiger partial charge in [-0.3, -0.25) is 4.79 Å². The Morgan fingerprint density at radius 3 is 2.31 bits per heavy atom. The minimum Gasteiger partial charge on any atom is -0.315 e. The summed E-state index contributed by atoms with van der Waals surface area (Å²) in [6.07, 6.45) is 3.72. The summed E-state index contributed by atoms with van der Waals surface area (Å²) in [7, 11) is 0. The van der Waals surface area contributed by atoms with Gasteiger partial charge < -0.3 is 4.57 Å². The second-order valence-electron chi connectivity index (χ2n) is 8.30. The number of ketones is 1. The van der Waals surface area contributed by atoms with Crippen LogP contribution >= 0.6 is 0 Å². The molecule has 0 saturated heterocycles. The third-order valence-corrected chi connectivity index (χ3v) is 5.90. The van der Waals surface area contributed by atoms with Gasteiger partial charge in [0.15, 0.2) is 0 Å². The highest BCUT2D eigenvalue weighted by atomic mass is 16.1. The van der Waals surface area contributed by atoms with Crippen molar-refractivity contribution in [2.45, 2.75) is 65.3 Å². The van der Waals surface area contributed by atoms with Gasteiger partial charge in [-0.1, -0.05) is 53.6 Å². The fraction of sp³-hybridized carbons (Fsp3) is 0.400. The summed E-state index contributed by atoms with van der Waals surface area (Å²) in [5.41, 5.74) is 6.37. The van der Waals surface area contributed by atoms with Gasteiger partial charge in [0.2, 0.25) is 0 Å². The molecule has 4 heteroatoms. The summed E-state index contributed by atoms with van der Waals surface area (Å²) in [4.78, 5) is 12.6. The second-order valence-corrected chi connectivity index (χ2v) is 8.30. The summed E-state index contributed by atoms with van der Waals surface area (Å²) in [5, 5.41) is 9.00. The van der Waals surface area contributed by atoms with Crippen molar-refractivity contribution < 1.29 is 4.79 Å². The fourth-order valence-electron chi connectivity index (χ4n) is 4.66. The Labute approximate surface area is 173 Å². The van der Waals surface area contributed by atoms with Crippen molar-refractivity contribution in [2.75, 3.05) is 0 Å². The van der Waals surface area contributed by atoms with Crippen molar-refractivity contribution >= 4 is 5.78 Å². The van der Waals surface area contributed by atoms with E-state index in [0.717, 1.165) is 36.6 Å². The Hall–Kier alpha value is -2.75. The van der Waals surface area contributed by atoms with Gasteiger partial charge in [-0.05, 0) is 50.3 Å². The number of benzene rings is 2. The van der Waals surface area contributed by atoms with E-state index in [1.807, 2.05) is 0 Å². The van der Waals surface area contributed by atoms with E-state index in [9.17, 15) is 4.79 Å². The summed E-state index contributed by atoms with van der Waals surface area (Å²) in [5.74, 6) is 2.66. The Bertz CT molecular complexity index is 989. The van der Waals surface area contributed by atoms with Gasteiger partial charge in [0.1, 0.15) is 17.4 Å². The van der Waals surface area contributed by atoms with Gasteiger partial charge in [-0.25, -0.2) is 0 Å². The first kappa shape index (κ1) is 19.6. The lowest BCUT2D eigenvalue weighted by molar-refractivity contribution is -0.118. The van der Waals surface area contributed by atoms with Gasteiger partial charge >= 0.3 is 0 Å². The number of aryl methyl sites for hydroxylation is 3. The molecule has 150 valence electrons. The number of nitrogens with zero attached hydrogens (tertiary/aromatic N) is 3. The van der Waals surface area contributed by atoms with E-state index in [0.29, 0.717) is 25.2 Å². The zero-order valence-electron chi connectivity index (χ0n) is 17.6. The number of fused-ring (bicyclic) bond motifs is 1. The van der Waals surface area contributed by atoms with Gasteiger partial charge in [0.05, 0.1) is 0 Å². The smallest absolute Gasteiger partial charge is 0.137 e. The molecule has 1 heterocycles. The number of rotatable bonds is 7. The molecule has 0 aliphatic heterocycles. The first-order chi connectivity index (χ1) is 14.0. The summed E-state index contributed by atoms with van der Waals surface area (Å²) >= 11 is 0. The normalized spacial score (nSPS) is 13.6. The van der Waals surface area contributed by atoms with Crippen LogP contribution in [-0.2, 0) is 37.0 Å². The molecule has 1 aliphatic rings. The molecule has 0 fully saturated rings. The minimum atomic E-state index is 0.260. The van der Waals surface area contributed by atoms with E-state index in [-0.39, 0.29) is 5.78 Å². The maximum atomic E-state index is 12.6. The average molecular weight is 388 g/mol. The summed E-state index contributed by atoms with van der Waals surface area (Å²) in [6.45, 7) is 7.13. The molecule has 4 rings (SSSR count). The Morgan fingerprint density at radius 1 is 1.03 bits per heavy atom. The van der Waals surface area contributed by atoms with Crippen LogP contribution in [0.4, 0.5) is 0 Å². The molecule has 0 atom stereocenters. The van der Waals surface area contributed by atoms with E-state index in [1.54, 1.807) is 0 Å². The molecule has 1 aliphatic carbocycles. The minimum absolute atomic E-state index is 0.260. The standard InChI is InChI=1S/C25H29N3O/c1-4-28-24(10-9-23(29)14-19-12-17(2)11-18(3)13-19)26-27-25(28)22-15-20-7-5-6-8-21(20)16-22/h5-8,11-13,22H,4,9-10,14-16H2,1-3H3. The molecule has 0 amide bonds. The Morgan fingerprint density at radius 2 is 1.69 bits per heavy atom. The van der Waals surface area contributed by atoms with Crippen LogP contribution in [0.3, 0.4) is 0 Å². The topological polar surface area (TPSA) is 47.8 Å². The summed E-state index contributed by atoms with van der Waals surface area (Å²) in [6, 6.07) is 15.0. The maximum absolute atomic E-state index is 12.6. The van der Waals surface area contributed by atoms with Crippen LogP contribution in [0.1, 0.15) is 58.7 Å². The highest BCUT2D eigenvalue weighted by Gasteiger charge is 2.27. The van der Waals surface area contributed by atoms with Gasteiger partial charge in [-0.2, -0.15) is 0 Å². The quantitative estimate of drug-likeness (QED) is 0.598. The van der Waals surface area contributed by atoms with E-state index in [1.165, 1.54) is 22.3 Å². The molecule has 0 unspecified atom stereocenters. The van der Waals surface area contributed by atoms with Crippen LogP contribution in [0.5, 0.6) is 0 Å². The number of carbonyl (C=O) groups is 1. The molecule has 3 aromatic rings. The third kappa shape index (κ3) is 4.31. The molecule has 4 nitrogen and oxygen atoms in total. The molecule has 1 aromatic heterocycles. The van der Waals surface area contributed by atoms with E-state index >= 15 is 0 Å². The Kier molecular flexibility index (Phi) is 5.61. The monoisotopic (exact) mass is 387 g/mol. The van der Waals surface area contributed by atoms with Gasteiger partial charge in [0.25, 0.3) is 0 Å². The number of hydrogen-bond donors (Lipinski definition) is 0. The molecule has 0 spiro atoms. The average Bonchev–Trinajstić information content (AvgIpc) is 3.28. The SMILES string of the molecule is CCn1c(CCC(=O)Cc2cc(C)cc(C)c2)nnc1C1Cc2ccccc2C1. The maximum Gasteiger partial charge on any atom is 0.137 e. The number of Topliss-reactive ketones (excluding diaryl/α,β-unsaturated/α-hetero) is 1. The van der Waals surface area contributed by atoms with Crippen molar-refractivity contribution in [3.8, 4) is 0 Å². The molecular weight excluding hydrogens is 358 g/mol. The first-order valence-corrected chi connectivity index (χ1v) is 10.6. The van der Waals surface area contributed by atoms with Gasteiger partial charge in [0, 0.05) is 31.7 Å². The lowest BCUT2D eigenvalue weighted by Crippen LogP contribution is -2.12. The van der Waals surface area contributed by atoms with Crippen LogP contribution < -0.4 is 0 Å². The van der Waals surface area contributed by atoms with Crippen molar-refractivity contribution in [2.24, 2.45) is 0 Å². The molecule has 2 aromatic carbocycles. The predicted molar refractivity (Wildman–Crippen MR) is 115 cm³/mol. The zero-order valence-corrected chi connectivity index (χ0v) is 17.6. The zero-order chi connectivity index (χ0) is 20.4. The van der Waals surface area contributed by atoms with E-state index < -0.39 is 0 Å². The number of carbonyl (C=O) groups excluding carboxylic acids is 1. The largest absolute Gasteiger partial charge is 0.315 e. The van der Waals surface area contributed by atoms with Crippen LogP contribution in [0, 0.1) is 13.8 Å². The van der Waals surface area contributed by atoms with Crippen LogP contribution in [-0.4, -0.2) is 20.5 Å². The van der Waals surface area contributed by atoms with Crippen molar-refractivity contribution in [3.63, 3.8) is 0 Å². The predicted octanol–water partition coefficient (Wildman–Crippen LogP) is 4.54. The highest BCUT2D eigenvalue weighted by molar-refractivity contribution is 5.81. The third-order valence-electron chi connectivity index (χ3n) is 5.90. The van der Waals surface area contributed by atoms with E-state index in [2.05, 4.69) is 78.0 Å². The number of hydrogen-bond acceptors (Lipinski definition) is 3. The molecular formula is C25H29N3O. The first-order valence-electron chi connectivity index (χ1n) is 10.6.